The van der Waals surface area contributed by atoms with Gasteiger partial charge in [-0.25, -0.2) is 0 Å². The summed E-state index contributed by atoms with van der Waals surface area (Å²) < 4.78 is 24.3. The zero-order chi connectivity index (χ0) is 23.4. The molecule has 0 amide bonds. The van der Waals surface area contributed by atoms with Gasteiger partial charge < -0.3 is 18.9 Å². The quantitative estimate of drug-likeness (QED) is 0.390. The monoisotopic (exact) mass is 447 g/mol. The highest BCUT2D eigenvalue weighted by Crippen LogP contribution is 2.45. The molecule has 0 aliphatic carbocycles. The zero-order valence-electron chi connectivity index (χ0n) is 20.1. The normalized spacial score (nSPS) is 17.8. The zero-order valence-corrected chi connectivity index (χ0v) is 20.1. The molecule has 5 nitrogen and oxygen atoms in total. The van der Waals surface area contributed by atoms with Gasteiger partial charge in [-0.15, -0.1) is 0 Å². The first-order valence-corrected chi connectivity index (χ1v) is 11.4. The van der Waals surface area contributed by atoms with Crippen molar-refractivity contribution in [1.82, 2.24) is 4.90 Å². The van der Waals surface area contributed by atoms with Crippen LogP contribution in [0, 0.1) is 0 Å². The van der Waals surface area contributed by atoms with Crippen molar-refractivity contribution in [3.63, 3.8) is 0 Å². The molecule has 1 aliphatic rings. The van der Waals surface area contributed by atoms with Crippen molar-refractivity contribution >= 4 is 0 Å². The van der Waals surface area contributed by atoms with Crippen LogP contribution in [-0.4, -0.2) is 30.3 Å². The molecule has 4 rings (SSSR count). The van der Waals surface area contributed by atoms with E-state index < -0.39 is 0 Å². The van der Waals surface area contributed by atoms with Gasteiger partial charge in [0.05, 0.1) is 24.4 Å². The van der Waals surface area contributed by atoms with Crippen molar-refractivity contribution in [2.45, 2.75) is 52.2 Å². The van der Waals surface area contributed by atoms with Crippen LogP contribution < -0.4 is 14.2 Å². The molecule has 1 aliphatic heterocycles. The summed E-state index contributed by atoms with van der Waals surface area (Å²) in [6.45, 7) is 9.82. The van der Waals surface area contributed by atoms with Crippen LogP contribution >= 0.6 is 0 Å². The van der Waals surface area contributed by atoms with E-state index in [1.807, 2.05) is 74.5 Å². The SMILES string of the molecule is COc1cccc(OC(C)C)c1C1OC(C)(C)CN1Cc1ccc(Oc2ccccc2)cc1. The number of nitrogens with zero attached hydrogens (tertiary/aromatic N) is 1. The molecule has 1 unspecified atom stereocenters. The van der Waals surface area contributed by atoms with E-state index in [9.17, 15) is 0 Å². The molecule has 0 radical (unpaired) electrons. The Morgan fingerprint density at radius 1 is 0.909 bits per heavy atom. The van der Waals surface area contributed by atoms with Crippen molar-refractivity contribution in [1.29, 1.82) is 0 Å². The number of hydrogen-bond donors (Lipinski definition) is 0. The van der Waals surface area contributed by atoms with Crippen LogP contribution in [0.25, 0.3) is 0 Å². The van der Waals surface area contributed by atoms with Crippen LogP contribution in [-0.2, 0) is 11.3 Å². The third-order valence-corrected chi connectivity index (χ3v) is 5.49. The fourth-order valence-corrected chi connectivity index (χ4v) is 4.19. The van der Waals surface area contributed by atoms with Crippen LogP contribution in [0.4, 0.5) is 0 Å². The van der Waals surface area contributed by atoms with E-state index in [2.05, 4.69) is 30.9 Å². The van der Waals surface area contributed by atoms with Gasteiger partial charge >= 0.3 is 0 Å². The van der Waals surface area contributed by atoms with E-state index in [-0.39, 0.29) is 17.9 Å². The molecular weight excluding hydrogens is 414 g/mol. The molecule has 0 N–H and O–H groups in total. The van der Waals surface area contributed by atoms with Gasteiger partial charge in [0, 0.05) is 13.1 Å². The summed E-state index contributed by atoms with van der Waals surface area (Å²) >= 11 is 0. The standard InChI is InChI=1S/C28H33NO4/c1-20(2)31-25-13-9-12-24(30-5)26(25)27-29(19-28(3,4)33-27)18-21-14-16-23(17-15-21)32-22-10-7-6-8-11-22/h6-17,20,27H,18-19H2,1-5H3. The Kier molecular flexibility index (Phi) is 6.91. The molecule has 3 aromatic rings. The molecule has 1 fully saturated rings. The average molecular weight is 448 g/mol. The van der Waals surface area contributed by atoms with Crippen LogP contribution in [0.15, 0.2) is 72.8 Å². The third-order valence-electron chi connectivity index (χ3n) is 5.49. The van der Waals surface area contributed by atoms with Crippen LogP contribution in [0.3, 0.4) is 0 Å². The Hall–Kier alpha value is -3.02. The van der Waals surface area contributed by atoms with Crippen molar-refractivity contribution in [3.05, 3.63) is 83.9 Å². The number of para-hydroxylation sites is 1. The maximum atomic E-state index is 6.53. The maximum Gasteiger partial charge on any atom is 0.145 e. The molecule has 0 saturated carbocycles. The van der Waals surface area contributed by atoms with Gasteiger partial charge in [-0.3, -0.25) is 4.90 Å². The lowest BCUT2D eigenvalue weighted by Crippen LogP contribution is -2.28. The Morgan fingerprint density at radius 2 is 1.58 bits per heavy atom. The molecule has 5 heteroatoms. The minimum absolute atomic E-state index is 0.0517. The van der Waals surface area contributed by atoms with Gasteiger partial charge in [0.1, 0.15) is 29.2 Å². The minimum atomic E-state index is -0.295. The molecule has 174 valence electrons. The van der Waals surface area contributed by atoms with E-state index in [4.69, 9.17) is 18.9 Å². The second-order valence-electron chi connectivity index (χ2n) is 9.23. The van der Waals surface area contributed by atoms with E-state index in [0.29, 0.717) is 0 Å². The second-order valence-corrected chi connectivity index (χ2v) is 9.23. The average Bonchev–Trinajstić information content (AvgIpc) is 3.08. The minimum Gasteiger partial charge on any atom is -0.496 e. The highest BCUT2D eigenvalue weighted by molar-refractivity contribution is 5.47. The van der Waals surface area contributed by atoms with E-state index >= 15 is 0 Å². The van der Waals surface area contributed by atoms with E-state index in [0.717, 1.165) is 41.7 Å². The van der Waals surface area contributed by atoms with Gasteiger partial charge in [0.25, 0.3) is 0 Å². The molecule has 0 spiro atoms. The largest absolute Gasteiger partial charge is 0.496 e. The van der Waals surface area contributed by atoms with Gasteiger partial charge in [-0.1, -0.05) is 36.4 Å². The summed E-state index contributed by atoms with van der Waals surface area (Å²) in [5.41, 5.74) is 1.82. The van der Waals surface area contributed by atoms with Crippen molar-refractivity contribution < 1.29 is 18.9 Å². The van der Waals surface area contributed by atoms with Crippen molar-refractivity contribution in [3.8, 4) is 23.0 Å². The fraction of sp³-hybridized carbons (Fsp3) is 0.357. The van der Waals surface area contributed by atoms with Gasteiger partial charge in [0.2, 0.25) is 0 Å². The topological polar surface area (TPSA) is 40.2 Å². The number of rotatable bonds is 8. The number of methoxy groups -OCH3 is 1. The van der Waals surface area contributed by atoms with Crippen LogP contribution in [0.5, 0.6) is 23.0 Å². The Morgan fingerprint density at radius 3 is 2.24 bits per heavy atom. The van der Waals surface area contributed by atoms with Crippen LogP contribution in [0.1, 0.15) is 45.0 Å². The molecule has 33 heavy (non-hydrogen) atoms. The molecule has 1 saturated heterocycles. The summed E-state index contributed by atoms with van der Waals surface area (Å²) in [5.74, 6) is 3.21. The van der Waals surface area contributed by atoms with Gasteiger partial charge in [-0.05, 0) is 69.7 Å². The van der Waals surface area contributed by atoms with Crippen molar-refractivity contribution in [2.24, 2.45) is 0 Å². The lowest BCUT2D eigenvalue weighted by atomic mass is 10.1. The number of hydrogen-bond acceptors (Lipinski definition) is 5. The predicted octanol–water partition coefficient (Wildman–Crippen LogP) is 6.58. The summed E-state index contributed by atoms with van der Waals surface area (Å²) in [4.78, 5) is 2.33. The third kappa shape index (κ3) is 5.67. The summed E-state index contributed by atoms with van der Waals surface area (Å²) in [6.07, 6.45) is -0.221. The number of benzene rings is 3. The summed E-state index contributed by atoms with van der Waals surface area (Å²) in [7, 11) is 1.69. The van der Waals surface area contributed by atoms with Gasteiger partial charge in [0.15, 0.2) is 0 Å². The summed E-state index contributed by atoms with van der Waals surface area (Å²) in [5, 5.41) is 0. The first kappa shape index (κ1) is 23.1. The smallest absolute Gasteiger partial charge is 0.145 e. The second kappa shape index (κ2) is 9.86. The molecular formula is C28H33NO4. The fourth-order valence-electron chi connectivity index (χ4n) is 4.19. The van der Waals surface area contributed by atoms with E-state index in [1.165, 1.54) is 5.56 Å². The van der Waals surface area contributed by atoms with E-state index in [1.54, 1.807) is 7.11 Å². The molecule has 0 bridgehead atoms. The lowest BCUT2D eigenvalue weighted by Gasteiger charge is -2.27. The first-order valence-electron chi connectivity index (χ1n) is 11.4. The maximum absolute atomic E-state index is 6.53. The Labute approximate surface area is 196 Å². The molecule has 1 atom stereocenters. The van der Waals surface area contributed by atoms with Crippen molar-refractivity contribution in [2.75, 3.05) is 13.7 Å². The predicted molar refractivity (Wildman–Crippen MR) is 130 cm³/mol. The van der Waals surface area contributed by atoms with Crippen LogP contribution in [0.2, 0.25) is 0 Å². The number of ether oxygens (including phenoxy) is 4. The molecule has 3 aromatic carbocycles. The highest BCUT2D eigenvalue weighted by Gasteiger charge is 2.41. The Balaban J connectivity index is 1.57. The Bertz CT molecular complexity index is 1050. The highest BCUT2D eigenvalue weighted by atomic mass is 16.5. The first-order chi connectivity index (χ1) is 15.8. The summed E-state index contributed by atoms with van der Waals surface area (Å²) in [6, 6.07) is 23.9. The molecule has 1 heterocycles. The van der Waals surface area contributed by atoms with Gasteiger partial charge in [-0.2, -0.15) is 0 Å². The lowest BCUT2D eigenvalue weighted by molar-refractivity contribution is -0.0450. The molecule has 0 aromatic heterocycles.